The van der Waals surface area contributed by atoms with Crippen LogP contribution in [0.1, 0.15) is 30.7 Å². The van der Waals surface area contributed by atoms with Crippen molar-refractivity contribution in [1.29, 1.82) is 0 Å². The second-order valence-corrected chi connectivity index (χ2v) is 5.21. The minimum absolute atomic E-state index is 0.305. The van der Waals surface area contributed by atoms with Crippen LogP contribution in [-0.2, 0) is 4.74 Å². The van der Waals surface area contributed by atoms with Crippen LogP contribution in [0.3, 0.4) is 0 Å². The summed E-state index contributed by atoms with van der Waals surface area (Å²) in [5, 5.41) is 0. The molecule has 1 fully saturated rings. The first kappa shape index (κ1) is 12.1. The molecule has 2 unspecified atom stereocenters. The van der Waals surface area contributed by atoms with E-state index in [1.54, 1.807) is 0 Å². The molecule has 0 aromatic heterocycles. The van der Waals surface area contributed by atoms with Crippen LogP contribution in [0, 0.1) is 0 Å². The standard InChI is InChI=1S/C13H18BrNO/c14-11-6-4-10(5-7-11)12(9-15)13-3-1-2-8-16-13/h4-7,12-13H,1-3,8-9,15H2. The maximum atomic E-state index is 5.88. The van der Waals surface area contributed by atoms with Crippen molar-refractivity contribution in [2.45, 2.75) is 31.3 Å². The maximum absolute atomic E-state index is 5.88. The number of hydrogen-bond acceptors (Lipinski definition) is 2. The molecule has 1 heterocycles. The molecule has 2 rings (SSSR count). The fourth-order valence-electron chi connectivity index (χ4n) is 2.30. The SMILES string of the molecule is NCC(c1ccc(Br)cc1)C1CCCCO1. The van der Waals surface area contributed by atoms with E-state index in [-0.39, 0.29) is 0 Å². The van der Waals surface area contributed by atoms with Gasteiger partial charge in [-0.25, -0.2) is 0 Å². The highest BCUT2D eigenvalue weighted by Gasteiger charge is 2.24. The van der Waals surface area contributed by atoms with Gasteiger partial charge in [0.1, 0.15) is 0 Å². The quantitative estimate of drug-likeness (QED) is 0.925. The van der Waals surface area contributed by atoms with E-state index in [2.05, 4.69) is 40.2 Å². The number of halogens is 1. The largest absolute Gasteiger partial charge is 0.378 e. The number of ether oxygens (including phenoxy) is 1. The summed E-state index contributed by atoms with van der Waals surface area (Å²) < 4.78 is 6.93. The van der Waals surface area contributed by atoms with Gasteiger partial charge < -0.3 is 10.5 Å². The van der Waals surface area contributed by atoms with Crippen LogP contribution in [-0.4, -0.2) is 19.3 Å². The predicted octanol–water partition coefficient (Wildman–Crippen LogP) is 3.06. The summed E-state index contributed by atoms with van der Waals surface area (Å²) >= 11 is 3.45. The summed E-state index contributed by atoms with van der Waals surface area (Å²) in [6, 6.07) is 8.42. The molecule has 1 aromatic rings. The molecule has 1 saturated heterocycles. The third kappa shape index (κ3) is 2.84. The molecule has 3 heteroatoms. The van der Waals surface area contributed by atoms with Crippen molar-refractivity contribution in [3.63, 3.8) is 0 Å². The zero-order valence-corrected chi connectivity index (χ0v) is 10.9. The smallest absolute Gasteiger partial charge is 0.0655 e. The Labute approximate surface area is 105 Å². The lowest BCUT2D eigenvalue weighted by Gasteiger charge is -2.30. The van der Waals surface area contributed by atoms with Gasteiger partial charge in [0.25, 0.3) is 0 Å². The van der Waals surface area contributed by atoms with E-state index >= 15 is 0 Å². The van der Waals surface area contributed by atoms with Crippen LogP contribution >= 0.6 is 15.9 Å². The lowest BCUT2D eigenvalue weighted by Crippen LogP contribution is -2.31. The van der Waals surface area contributed by atoms with E-state index in [1.165, 1.54) is 18.4 Å². The van der Waals surface area contributed by atoms with Crippen molar-refractivity contribution in [1.82, 2.24) is 0 Å². The van der Waals surface area contributed by atoms with Crippen molar-refractivity contribution in [3.05, 3.63) is 34.3 Å². The summed E-state index contributed by atoms with van der Waals surface area (Å²) in [7, 11) is 0. The fraction of sp³-hybridized carbons (Fsp3) is 0.538. The molecule has 0 radical (unpaired) electrons. The Bertz CT molecular complexity index is 319. The van der Waals surface area contributed by atoms with Gasteiger partial charge in [0.2, 0.25) is 0 Å². The second kappa shape index (κ2) is 5.80. The Kier molecular flexibility index (Phi) is 4.38. The van der Waals surface area contributed by atoms with Gasteiger partial charge in [-0.05, 0) is 37.0 Å². The molecule has 2 atom stereocenters. The highest BCUT2D eigenvalue weighted by Crippen LogP contribution is 2.28. The van der Waals surface area contributed by atoms with E-state index in [0.29, 0.717) is 18.6 Å². The molecule has 0 spiro atoms. The Morgan fingerprint density at radius 1 is 1.31 bits per heavy atom. The molecule has 0 bridgehead atoms. The summed E-state index contributed by atoms with van der Waals surface area (Å²) in [6.07, 6.45) is 3.89. The fourth-order valence-corrected chi connectivity index (χ4v) is 2.56. The summed E-state index contributed by atoms with van der Waals surface area (Å²) in [4.78, 5) is 0. The van der Waals surface area contributed by atoms with E-state index in [1.807, 2.05) is 0 Å². The number of hydrogen-bond donors (Lipinski definition) is 1. The van der Waals surface area contributed by atoms with Crippen LogP contribution in [0.2, 0.25) is 0 Å². The summed E-state index contributed by atoms with van der Waals surface area (Å²) in [5.74, 6) is 0.341. The van der Waals surface area contributed by atoms with Gasteiger partial charge in [-0.15, -0.1) is 0 Å². The first-order valence-electron chi connectivity index (χ1n) is 5.88. The second-order valence-electron chi connectivity index (χ2n) is 4.30. The molecular formula is C13H18BrNO. The van der Waals surface area contributed by atoms with Crippen LogP contribution in [0.5, 0.6) is 0 Å². The zero-order chi connectivity index (χ0) is 11.4. The monoisotopic (exact) mass is 283 g/mol. The first-order chi connectivity index (χ1) is 7.81. The Morgan fingerprint density at radius 2 is 2.06 bits per heavy atom. The molecule has 0 amide bonds. The molecule has 1 aliphatic rings. The summed E-state index contributed by atoms with van der Waals surface area (Å²) in [6.45, 7) is 1.55. The predicted molar refractivity (Wildman–Crippen MR) is 69.5 cm³/mol. The molecule has 16 heavy (non-hydrogen) atoms. The van der Waals surface area contributed by atoms with Crippen molar-refractivity contribution >= 4 is 15.9 Å². The third-order valence-corrected chi connectivity index (χ3v) is 3.74. The van der Waals surface area contributed by atoms with Gasteiger partial charge in [0, 0.05) is 23.5 Å². The Hall–Kier alpha value is -0.380. The molecule has 1 aromatic carbocycles. The van der Waals surface area contributed by atoms with Gasteiger partial charge >= 0.3 is 0 Å². The molecule has 88 valence electrons. The van der Waals surface area contributed by atoms with Gasteiger partial charge in [-0.3, -0.25) is 0 Å². The highest BCUT2D eigenvalue weighted by atomic mass is 79.9. The van der Waals surface area contributed by atoms with Gasteiger partial charge in [0.15, 0.2) is 0 Å². The Balaban J connectivity index is 2.11. The molecule has 1 aliphatic heterocycles. The van der Waals surface area contributed by atoms with E-state index in [4.69, 9.17) is 10.5 Å². The molecule has 0 aliphatic carbocycles. The third-order valence-electron chi connectivity index (χ3n) is 3.22. The minimum atomic E-state index is 0.305. The normalized spacial score (nSPS) is 23.0. The van der Waals surface area contributed by atoms with Gasteiger partial charge in [-0.1, -0.05) is 28.1 Å². The number of nitrogens with two attached hydrogens (primary N) is 1. The average Bonchev–Trinajstić information content (AvgIpc) is 2.34. The van der Waals surface area contributed by atoms with Crippen molar-refractivity contribution in [2.75, 3.05) is 13.2 Å². The van der Waals surface area contributed by atoms with Crippen molar-refractivity contribution in [2.24, 2.45) is 5.73 Å². The zero-order valence-electron chi connectivity index (χ0n) is 9.36. The van der Waals surface area contributed by atoms with Crippen LogP contribution < -0.4 is 5.73 Å². The van der Waals surface area contributed by atoms with E-state index < -0.39 is 0 Å². The van der Waals surface area contributed by atoms with Crippen LogP contribution in [0.4, 0.5) is 0 Å². The first-order valence-corrected chi connectivity index (χ1v) is 6.67. The van der Waals surface area contributed by atoms with Gasteiger partial charge in [-0.2, -0.15) is 0 Å². The highest BCUT2D eigenvalue weighted by molar-refractivity contribution is 9.10. The maximum Gasteiger partial charge on any atom is 0.0655 e. The summed E-state index contributed by atoms with van der Waals surface area (Å²) in [5.41, 5.74) is 7.17. The lowest BCUT2D eigenvalue weighted by atomic mass is 9.89. The molecular weight excluding hydrogens is 266 g/mol. The van der Waals surface area contributed by atoms with E-state index in [9.17, 15) is 0 Å². The van der Waals surface area contributed by atoms with E-state index in [0.717, 1.165) is 17.5 Å². The Morgan fingerprint density at radius 3 is 2.62 bits per heavy atom. The lowest BCUT2D eigenvalue weighted by molar-refractivity contribution is 0.000580. The molecule has 2 nitrogen and oxygen atoms in total. The topological polar surface area (TPSA) is 35.2 Å². The molecule has 0 saturated carbocycles. The average molecular weight is 284 g/mol. The van der Waals surface area contributed by atoms with Crippen LogP contribution in [0.25, 0.3) is 0 Å². The van der Waals surface area contributed by atoms with Crippen molar-refractivity contribution in [3.8, 4) is 0 Å². The number of benzene rings is 1. The molecule has 2 N–H and O–H groups in total. The van der Waals surface area contributed by atoms with Crippen molar-refractivity contribution < 1.29 is 4.74 Å². The minimum Gasteiger partial charge on any atom is -0.378 e. The number of rotatable bonds is 3. The van der Waals surface area contributed by atoms with Gasteiger partial charge in [0.05, 0.1) is 6.10 Å². The van der Waals surface area contributed by atoms with Crippen LogP contribution in [0.15, 0.2) is 28.7 Å².